The number of guanidine groups is 1. The summed E-state index contributed by atoms with van der Waals surface area (Å²) in [5, 5.41) is 12.0. The van der Waals surface area contributed by atoms with Crippen LogP contribution in [0.1, 0.15) is 6.92 Å². The van der Waals surface area contributed by atoms with Crippen LogP contribution in [0.2, 0.25) is 0 Å². The van der Waals surface area contributed by atoms with E-state index in [0.29, 0.717) is 19.8 Å². The Kier molecular flexibility index (Phi) is 6.91. The summed E-state index contributed by atoms with van der Waals surface area (Å²) in [6, 6.07) is 0. The first-order valence-electron chi connectivity index (χ1n) is 6.06. The molecule has 6 nitrogen and oxygen atoms in total. The lowest BCUT2D eigenvalue weighted by atomic mass is 10.3. The zero-order valence-corrected chi connectivity index (χ0v) is 10.7. The molecule has 1 aliphatic rings. The van der Waals surface area contributed by atoms with Gasteiger partial charge in [-0.1, -0.05) is 0 Å². The minimum atomic E-state index is 0.0702. The van der Waals surface area contributed by atoms with Gasteiger partial charge in [0.15, 0.2) is 5.96 Å². The van der Waals surface area contributed by atoms with E-state index in [4.69, 9.17) is 14.6 Å². The minimum absolute atomic E-state index is 0.0702. The van der Waals surface area contributed by atoms with Crippen molar-refractivity contribution in [2.45, 2.75) is 13.0 Å². The Hall–Kier alpha value is -0.850. The van der Waals surface area contributed by atoms with Gasteiger partial charge in [-0.3, -0.25) is 4.99 Å². The van der Waals surface area contributed by atoms with Gasteiger partial charge in [-0.25, -0.2) is 0 Å². The van der Waals surface area contributed by atoms with Gasteiger partial charge in [0.05, 0.1) is 32.5 Å². The van der Waals surface area contributed by atoms with E-state index in [0.717, 1.165) is 25.6 Å². The fraction of sp³-hybridized carbons (Fsp3) is 0.909. The molecule has 0 aromatic carbocycles. The highest BCUT2D eigenvalue weighted by molar-refractivity contribution is 5.80. The van der Waals surface area contributed by atoms with Gasteiger partial charge in [-0.2, -0.15) is 0 Å². The highest BCUT2D eigenvalue weighted by atomic mass is 16.5. The molecule has 0 amide bonds. The molecule has 1 heterocycles. The third-order valence-electron chi connectivity index (χ3n) is 2.49. The van der Waals surface area contributed by atoms with Crippen LogP contribution >= 0.6 is 0 Å². The first-order chi connectivity index (χ1) is 8.31. The van der Waals surface area contributed by atoms with Gasteiger partial charge in [-0.15, -0.1) is 0 Å². The Bertz CT molecular complexity index is 234. The predicted octanol–water partition coefficient (Wildman–Crippen LogP) is -0.709. The first kappa shape index (κ1) is 14.2. The van der Waals surface area contributed by atoms with Gasteiger partial charge in [0, 0.05) is 26.7 Å². The maximum absolute atomic E-state index is 8.82. The van der Waals surface area contributed by atoms with Crippen LogP contribution in [0.5, 0.6) is 0 Å². The minimum Gasteiger partial charge on any atom is -0.394 e. The Labute approximate surface area is 103 Å². The van der Waals surface area contributed by atoms with E-state index in [1.165, 1.54) is 0 Å². The lowest BCUT2D eigenvalue weighted by Gasteiger charge is -2.34. The standard InChI is InChI=1S/C11H23N3O3/c1-3-12-11(13-4-6-15)14-5-7-17-10(8-14)9-16-2/h10,15H,3-9H2,1-2H3,(H,12,13). The van der Waals surface area contributed by atoms with E-state index in [1.807, 2.05) is 6.92 Å². The van der Waals surface area contributed by atoms with Gasteiger partial charge in [0.2, 0.25) is 0 Å². The van der Waals surface area contributed by atoms with Crippen molar-refractivity contribution in [3.63, 3.8) is 0 Å². The van der Waals surface area contributed by atoms with Gasteiger partial charge in [0.1, 0.15) is 0 Å². The molecule has 17 heavy (non-hydrogen) atoms. The summed E-state index contributed by atoms with van der Waals surface area (Å²) in [5.74, 6) is 0.839. The molecule has 1 fully saturated rings. The predicted molar refractivity (Wildman–Crippen MR) is 66.3 cm³/mol. The molecule has 0 saturated carbocycles. The maximum Gasteiger partial charge on any atom is 0.194 e. The van der Waals surface area contributed by atoms with Crippen molar-refractivity contribution in [3.8, 4) is 0 Å². The van der Waals surface area contributed by atoms with E-state index < -0.39 is 0 Å². The van der Waals surface area contributed by atoms with Crippen LogP contribution in [-0.4, -0.2) is 75.2 Å². The number of nitrogens with one attached hydrogen (secondary N) is 1. The van der Waals surface area contributed by atoms with Crippen molar-refractivity contribution in [3.05, 3.63) is 0 Å². The average Bonchev–Trinajstić information content (AvgIpc) is 2.35. The van der Waals surface area contributed by atoms with Gasteiger partial charge < -0.3 is 24.8 Å². The molecule has 2 N–H and O–H groups in total. The number of aliphatic hydroxyl groups excluding tert-OH is 1. The quantitative estimate of drug-likeness (QED) is 0.495. The fourth-order valence-corrected chi connectivity index (χ4v) is 1.78. The van der Waals surface area contributed by atoms with Crippen LogP contribution in [0, 0.1) is 0 Å². The third-order valence-corrected chi connectivity index (χ3v) is 2.49. The summed E-state index contributed by atoms with van der Waals surface area (Å²) < 4.78 is 10.7. The van der Waals surface area contributed by atoms with Crippen molar-refractivity contribution in [2.75, 3.05) is 53.1 Å². The van der Waals surface area contributed by atoms with Crippen LogP contribution in [0.3, 0.4) is 0 Å². The molecular formula is C11H23N3O3. The largest absolute Gasteiger partial charge is 0.394 e. The molecule has 6 heteroatoms. The van der Waals surface area contributed by atoms with E-state index in [-0.39, 0.29) is 12.7 Å². The lowest BCUT2D eigenvalue weighted by Crippen LogP contribution is -2.51. The topological polar surface area (TPSA) is 66.3 Å². The number of hydrogen-bond donors (Lipinski definition) is 2. The average molecular weight is 245 g/mol. The van der Waals surface area contributed by atoms with Crippen LogP contribution in [-0.2, 0) is 9.47 Å². The molecule has 1 atom stereocenters. The Morgan fingerprint density at radius 2 is 2.47 bits per heavy atom. The number of morpholine rings is 1. The Morgan fingerprint density at radius 3 is 3.12 bits per heavy atom. The van der Waals surface area contributed by atoms with E-state index in [9.17, 15) is 0 Å². The molecule has 1 aliphatic heterocycles. The molecule has 0 aliphatic carbocycles. The van der Waals surface area contributed by atoms with E-state index >= 15 is 0 Å². The fourth-order valence-electron chi connectivity index (χ4n) is 1.78. The van der Waals surface area contributed by atoms with Gasteiger partial charge in [0.25, 0.3) is 0 Å². The molecule has 0 aromatic rings. The maximum atomic E-state index is 8.82. The number of aliphatic hydroxyl groups is 1. The third kappa shape index (κ3) is 4.89. The number of nitrogens with zero attached hydrogens (tertiary/aromatic N) is 2. The normalized spacial score (nSPS) is 21.7. The van der Waals surface area contributed by atoms with Crippen LogP contribution in [0.25, 0.3) is 0 Å². The number of hydrogen-bond acceptors (Lipinski definition) is 4. The second-order valence-corrected chi connectivity index (χ2v) is 3.85. The lowest BCUT2D eigenvalue weighted by molar-refractivity contribution is -0.0447. The molecule has 1 saturated heterocycles. The van der Waals surface area contributed by atoms with Crippen molar-refractivity contribution in [1.82, 2.24) is 10.2 Å². The second kappa shape index (κ2) is 8.27. The van der Waals surface area contributed by atoms with Gasteiger partial charge >= 0.3 is 0 Å². The molecule has 0 bridgehead atoms. The number of ether oxygens (including phenoxy) is 2. The highest BCUT2D eigenvalue weighted by Gasteiger charge is 2.22. The SMILES string of the molecule is CCNC(=NCCO)N1CCOC(COC)C1. The summed E-state index contributed by atoms with van der Waals surface area (Å²) in [6.07, 6.45) is 0.0896. The van der Waals surface area contributed by atoms with E-state index in [2.05, 4.69) is 15.2 Å². The van der Waals surface area contributed by atoms with E-state index in [1.54, 1.807) is 7.11 Å². The summed E-state index contributed by atoms with van der Waals surface area (Å²) in [5.41, 5.74) is 0. The number of rotatable bonds is 5. The summed E-state index contributed by atoms with van der Waals surface area (Å²) in [4.78, 5) is 6.48. The summed E-state index contributed by atoms with van der Waals surface area (Å²) in [6.45, 7) is 6.20. The first-order valence-corrected chi connectivity index (χ1v) is 6.06. The smallest absolute Gasteiger partial charge is 0.194 e. The molecule has 1 unspecified atom stereocenters. The number of methoxy groups -OCH3 is 1. The van der Waals surface area contributed by atoms with Crippen LogP contribution < -0.4 is 5.32 Å². The number of aliphatic imine (C=N–C) groups is 1. The molecule has 1 rings (SSSR count). The van der Waals surface area contributed by atoms with Crippen LogP contribution in [0.4, 0.5) is 0 Å². The molecule has 0 spiro atoms. The summed E-state index contributed by atoms with van der Waals surface area (Å²) >= 11 is 0. The molecular weight excluding hydrogens is 222 g/mol. The molecule has 100 valence electrons. The summed E-state index contributed by atoms with van der Waals surface area (Å²) in [7, 11) is 1.67. The van der Waals surface area contributed by atoms with Crippen molar-refractivity contribution >= 4 is 5.96 Å². The zero-order chi connectivity index (χ0) is 12.5. The molecule has 0 aromatic heterocycles. The van der Waals surface area contributed by atoms with Gasteiger partial charge in [-0.05, 0) is 6.92 Å². The molecule has 0 radical (unpaired) electrons. The Morgan fingerprint density at radius 1 is 1.65 bits per heavy atom. The van der Waals surface area contributed by atoms with Crippen molar-refractivity contribution in [1.29, 1.82) is 0 Å². The van der Waals surface area contributed by atoms with Crippen molar-refractivity contribution in [2.24, 2.45) is 4.99 Å². The van der Waals surface area contributed by atoms with Crippen LogP contribution in [0.15, 0.2) is 4.99 Å². The zero-order valence-electron chi connectivity index (χ0n) is 10.7. The monoisotopic (exact) mass is 245 g/mol. The van der Waals surface area contributed by atoms with Crippen molar-refractivity contribution < 1.29 is 14.6 Å². The Balaban J connectivity index is 2.53. The highest BCUT2D eigenvalue weighted by Crippen LogP contribution is 2.05. The second-order valence-electron chi connectivity index (χ2n) is 3.85.